The lowest BCUT2D eigenvalue weighted by Crippen LogP contribution is -2.62. The zero-order valence-electron chi connectivity index (χ0n) is 44.3. The second-order valence-electron chi connectivity index (χ2n) is 20.8. The van der Waals surface area contributed by atoms with Crippen molar-refractivity contribution in [1.82, 2.24) is 41.0 Å². The quantitative estimate of drug-likeness (QED) is 0.0266. The molecular formula is C58H60F2N9O12P. The van der Waals surface area contributed by atoms with Gasteiger partial charge in [0.05, 0.1) is 6.04 Å². The summed E-state index contributed by atoms with van der Waals surface area (Å²) in [6, 6.07) is 21.3. The third kappa shape index (κ3) is 12.8. The first-order valence-corrected chi connectivity index (χ1v) is 28.5. The van der Waals surface area contributed by atoms with Crippen LogP contribution >= 0.6 is 7.60 Å². The normalized spacial score (nSPS) is 19.5. The number of primary amides is 1. The number of imide groups is 1. The monoisotopic (exact) mass is 1140 g/mol. The van der Waals surface area contributed by atoms with Crippen LogP contribution in [0.2, 0.25) is 0 Å². The van der Waals surface area contributed by atoms with Crippen LogP contribution in [0.1, 0.15) is 125 Å². The number of nitrogens with two attached hydrogens (primary N) is 1. The zero-order valence-corrected chi connectivity index (χ0v) is 45.2. The second-order valence-corrected chi connectivity index (χ2v) is 22.4. The summed E-state index contributed by atoms with van der Waals surface area (Å²) in [6.07, 6.45) is 1.81. The number of rotatable bonds is 18. The van der Waals surface area contributed by atoms with Gasteiger partial charge in [0.2, 0.25) is 41.4 Å². The first kappa shape index (κ1) is 58.1. The number of hydrogen-bond acceptors (Lipinski definition) is 10. The molecule has 24 heteroatoms. The van der Waals surface area contributed by atoms with Gasteiger partial charge in [0, 0.05) is 79.0 Å². The minimum absolute atomic E-state index is 0.00871. The number of aromatic amines is 1. The van der Waals surface area contributed by atoms with Crippen LogP contribution in [0.4, 0.5) is 8.78 Å². The number of carbonyl (C=O) groups excluding carboxylic acids is 9. The minimum Gasteiger partial charge on any atom is -0.370 e. The Morgan fingerprint density at radius 2 is 1.56 bits per heavy atom. The van der Waals surface area contributed by atoms with Crippen molar-refractivity contribution in [3.8, 4) is 11.8 Å². The van der Waals surface area contributed by atoms with Crippen LogP contribution in [-0.2, 0) is 50.3 Å². The molecule has 9 rings (SSSR count). The van der Waals surface area contributed by atoms with E-state index in [1.165, 1.54) is 14.7 Å². The van der Waals surface area contributed by atoms with Gasteiger partial charge in [-0.1, -0.05) is 84.6 Å². The van der Waals surface area contributed by atoms with Crippen molar-refractivity contribution in [3.05, 3.63) is 142 Å². The summed E-state index contributed by atoms with van der Waals surface area (Å²) in [7, 11) is -5.94. The molecule has 4 aliphatic rings. The maximum atomic E-state index is 15.0. The highest BCUT2D eigenvalue weighted by Crippen LogP contribution is 2.59. The molecular weight excluding hydrogens is 1080 g/mol. The Bertz CT molecular complexity index is 3420. The Labute approximate surface area is 469 Å². The molecule has 0 aliphatic carbocycles. The van der Waals surface area contributed by atoms with E-state index in [9.17, 15) is 61.5 Å². The molecule has 9 amide bonds. The average Bonchev–Trinajstić information content (AvgIpc) is 4.36. The third-order valence-corrected chi connectivity index (χ3v) is 16.3. The highest BCUT2D eigenvalue weighted by molar-refractivity contribution is 7.52. The predicted molar refractivity (Wildman–Crippen MR) is 291 cm³/mol. The van der Waals surface area contributed by atoms with Gasteiger partial charge < -0.3 is 51.2 Å². The SMILES string of the molecule is NC(=O)CC[C@H](NC(=O)[C@@H]1CC[C@@H]2CCN(C(=O)CCCCC#Cc3cccc4c3CN(C3CCC(=O)NC3=O)C4=O)C[C@H](NC(=O)c3cc4cc(C(F)(F)P(=O)(O)O)ccc4[nH]3)C(=O)N21)C(=O)NC(c1ccccc1)c1ccccc1. The number of unbranched alkanes of at least 4 members (excludes halogenated alkanes) is 2. The first-order valence-electron chi connectivity index (χ1n) is 26.9. The van der Waals surface area contributed by atoms with Crippen molar-refractivity contribution in [2.75, 3.05) is 13.1 Å². The van der Waals surface area contributed by atoms with Crippen molar-refractivity contribution < 1.29 is 66.3 Å². The molecule has 5 heterocycles. The fourth-order valence-corrected chi connectivity index (χ4v) is 11.5. The molecule has 5 atom stereocenters. The Kier molecular flexibility index (Phi) is 17.5. The summed E-state index contributed by atoms with van der Waals surface area (Å²) in [6.45, 7) is -0.0905. The van der Waals surface area contributed by atoms with Crippen LogP contribution in [0.25, 0.3) is 10.9 Å². The number of benzene rings is 4. The highest BCUT2D eigenvalue weighted by atomic mass is 31.2. The third-order valence-electron chi connectivity index (χ3n) is 15.3. The van der Waals surface area contributed by atoms with E-state index in [0.717, 1.165) is 35.4 Å². The molecule has 1 aromatic heterocycles. The van der Waals surface area contributed by atoms with Crippen LogP contribution in [0, 0.1) is 11.8 Å². The summed E-state index contributed by atoms with van der Waals surface area (Å²) in [4.78, 5) is 148. The van der Waals surface area contributed by atoms with E-state index >= 15 is 4.79 Å². The molecule has 3 fully saturated rings. The van der Waals surface area contributed by atoms with Gasteiger partial charge in [-0.05, 0) is 92.0 Å². The number of alkyl halides is 2. The molecule has 0 spiro atoms. The molecule has 9 N–H and O–H groups in total. The molecule has 1 unspecified atom stereocenters. The van der Waals surface area contributed by atoms with Gasteiger partial charge in [-0.3, -0.25) is 53.0 Å². The molecule has 0 bridgehead atoms. The van der Waals surface area contributed by atoms with E-state index in [1.807, 2.05) is 60.7 Å². The van der Waals surface area contributed by atoms with Crippen molar-refractivity contribution in [2.24, 2.45) is 5.73 Å². The van der Waals surface area contributed by atoms with Gasteiger partial charge >= 0.3 is 13.3 Å². The van der Waals surface area contributed by atoms with Gasteiger partial charge in [-0.15, -0.1) is 0 Å². The van der Waals surface area contributed by atoms with Gasteiger partial charge in [-0.25, -0.2) is 0 Å². The lowest BCUT2D eigenvalue weighted by molar-refractivity contribution is -0.145. The topological polar surface area (TPSA) is 311 Å². The maximum absolute atomic E-state index is 15.0. The number of hydrogen-bond donors (Lipinski definition) is 8. The van der Waals surface area contributed by atoms with E-state index < -0.39 is 90.5 Å². The number of aromatic nitrogens is 1. The molecule has 5 aromatic rings. The van der Waals surface area contributed by atoms with Crippen molar-refractivity contribution >= 4 is 71.7 Å². The maximum Gasteiger partial charge on any atom is 0.399 e. The van der Waals surface area contributed by atoms with E-state index in [4.69, 9.17) is 5.73 Å². The fourth-order valence-electron chi connectivity index (χ4n) is 11.0. The Hall–Kier alpha value is -8.58. The number of amides is 9. The van der Waals surface area contributed by atoms with E-state index in [0.29, 0.717) is 42.4 Å². The first-order chi connectivity index (χ1) is 39.2. The molecule has 4 aliphatic heterocycles. The number of piperidine rings is 1. The predicted octanol–water partition coefficient (Wildman–Crippen LogP) is 4.11. The fraction of sp³-hybridized carbons (Fsp3) is 0.362. The summed E-state index contributed by atoms with van der Waals surface area (Å²) in [5.74, 6) is 0.965. The van der Waals surface area contributed by atoms with E-state index in [-0.39, 0.29) is 98.9 Å². The molecule has 82 heavy (non-hydrogen) atoms. The van der Waals surface area contributed by atoms with Crippen LogP contribution in [-0.4, -0.2) is 126 Å². The van der Waals surface area contributed by atoms with Crippen LogP contribution in [0.15, 0.2) is 103 Å². The summed E-state index contributed by atoms with van der Waals surface area (Å²) >= 11 is 0. The number of fused-ring (bicyclic) bond motifs is 3. The van der Waals surface area contributed by atoms with E-state index in [2.05, 4.69) is 38.1 Å². The zero-order chi connectivity index (χ0) is 58.5. The summed E-state index contributed by atoms with van der Waals surface area (Å²) in [5, 5.41) is 10.8. The lowest BCUT2D eigenvalue weighted by atomic mass is 9.98. The minimum atomic E-state index is -5.94. The van der Waals surface area contributed by atoms with Crippen molar-refractivity contribution in [1.29, 1.82) is 0 Å². The number of H-pyrrole nitrogens is 1. The number of nitrogens with zero attached hydrogens (tertiary/aromatic N) is 3. The molecule has 3 saturated heterocycles. The highest BCUT2D eigenvalue weighted by Gasteiger charge is 2.51. The Morgan fingerprint density at radius 3 is 2.24 bits per heavy atom. The molecule has 4 aromatic carbocycles. The standard InChI is InChI=1S/C58H60F2N9O12P/c59-58(60,82(79,80)81)38-20-22-42-37(30-38)31-44(62-42)53(74)64-45-33-67(50(72)19-10-2-1-5-12-34-17-11-18-40-41(34)32-68(56(40)77)46-25-27-49(71)65-54(46)75)29-28-39-21-24-47(69(39)57(45)78)55(76)63-43(23-26-48(61)70)52(73)66-51(35-13-6-3-7-14-35)36-15-8-4-9-16-36/h3-4,6-9,11,13-18,20,22,30-31,39,43,45-47,51,62H,1-2,10,19,21,23-29,32-33H2,(H2,61,70)(H,63,76)(H,64,74)(H,66,73)(H,65,71,75)(H2,79,80,81)/t39-,43+,45+,46?,47+/m1/s1. The smallest absolute Gasteiger partial charge is 0.370 e. The molecule has 0 radical (unpaired) electrons. The Balaban J connectivity index is 0.906. The summed E-state index contributed by atoms with van der Waals surface area (Å²) < 4.78 is 41.1. The average molecular weight is 1140 g/mol. The van der Waals surface area contributed by atoms with Crippen molar-refractivity contribution in [3.63, 3.8) is 0 Å². The summed E-state index contributed by atoms with van der Waals surface area (Å²) in [5.41, 5.74) is 3.10. The number of halogens is 2. The second kappa shape index (κ2) is 24.6. The lowest BCUT2D eigenvalue weighted by Gasteiger charge is -2.39. The van der Waals surface area contributed by atoms with Crippen molar-refractivity contribution in [2.45, 2.75) is 119 Å². The molecule has 428 valence electrons. The largest absolute Gasteiger partial charge is 0.399 e. The van der Waals surface area contributed by atoms with Crippen LogP contribution in [0.3, 0.4) is 0 Å². The van der Waals surface area contributed by atoms with Gasteiger partial charge in [0.25, 0.3) is 11.8 Å². The number of nitrogens with one attached hydrogen (secondary N) is 5. The van der Waals surface area contributed by atoms with Gasteiger partial charge in [0.15, 0.2) is 0 Å². The van der Waals surface area contributed by atoms with E-state index in [1.54, 1.807) is 18.2 Å². The molecule has 0 saturated carbocycles. The Morgan fingerprint density at radius 1 is 0.841 bits per heavy atom. The molecule has 21 nitrogen and oxygen atoms in total. The van der Waals surface area contributed by atoms with Crippen LogP contribution in [0.5, 0.6) is 0 Å². The van der Waals surface area contributed by atoms with Gasteiger partial charge in [0.1, 0.15) is 29.9 Å². The van der Waals surface area contributed by atoms with Gasteiger partial charge in [-0.2, -0.15) is 8.78 Å². The van der Waals surface area contributed by atoms with Crippen LogP contribution < -0.4 is 27.0 Å². The number of carbonyl (C=O) groups is 9.